The minimum absolute atomic E-state index is 0.0435. The number of Topliss-reactive ketones (excluding diaryl/α,β-unsaturated/α-hetero) is 1. The topological polar surface area (TPSA) is 99.5 Å². The Labute approximate surface area is 169 Å². The van der Waals surface area contributed by atoms with Gasteiger partial charge in [0.05, 0.1) is 6.54 Å². The number of sulfonamides is 1. The van der Waals surface area contributed by atoms with Gasteiger partial charge in [-0.25, -0.2) is 8.42 Å². The van der Waals surface area contributed by atoms with Crippen molar-refractivity contribution in [3.63, 3.8) is 0 Å². The Bertz CT molecular complexity index is 1150. The summed E-state index contributed by atoms with van der Waals surface area (Å²) in [7, 11) is -3.65. The van der Waals surface area contributed by atoms with Crippen LogP contribution in [0.2, 0.25) is 0 Å². The van der Waals surface area contributed by atoms with Gasteiger partial charge in [0, 0.05) is 48.3 Å². The van der Waals surface area contributed by atoms with Crippen LogP contribution < -0.4 is 0 Å². The summed E-state index contributed by atoms with van der Waals surface area (Å²) < 4.78 is 32.3. The number of ketones is 1. The Balaban J connectivity index is 1.45. The van der Waals surface area contributed by atoms with Crippen LogP contribution in [0.1, 0.15) is 27.5 Å². The van der Waals surface area contributed by atoms with E-state index < -0.39 is 10.0 Å². The highest BCUT2D eigenvalue weighted by Gasteiger charge is 2.33. The number of carbonyl (C=O) groups excluding carboxylic acids is 1. The van der Waals surface area contributed by atoms with Crippen molar-refractivity contribution in [1.82, 2.24) is 19.3 Å². The number of hydrogen-bond donors (Lipinski definition) is 1. The fourth-order valence-electron chi connectivity index (χ4n) is 4.02. The number of rotatable bonds is 5. The molecule has 1 aliphatic heterocycles. The normalized spacial score (nSPS) is 16.5. The standard InChI is InChI=1S/C20H24N4O4S/c1-13-19(16-6-4-5-7-17(16)21-13)18(25)12-23-8-10-24(11-9-23)29(26,27)20-14(2)22-28-15(20)3/h4-7,21H,8-12H2,1-3H3. The number of nitrogens with one attached hydrogen (secondary N) is 1. The summed E-state index contributed by atoms with van der Waals surface area (Å²) in [5.74, 6) is 0.344. The first-order valence-electron chi connectivity index (χ1n) is 9.55. The zero-order valence-corrected chi connectivity index (χ0v) is 17.5. The molecule has 0 atom stereocenters. The van der Waals surface area contributed by atoms with E-state index in [4.69, 9.17) is 4.52 Å². The van der Waals surface area contributed by atoms with Gasteiger partial charge in [-0.1, -0.05) is 23.4 Å². The summed E-state index contributed by atoms with van der Waals surface area (Å²) in [6.45, 7) is 7.04. The molecule has 0 spiro atoms. The summed E-state index contributed by atoms with van der Waals surface area (Å²) in [6.07, 6.45) is 0. The van der Waals surface area contributed by atoms with E-state index in [2.05, 4.69) is 10.1 Å². The van der Waals surface area contributed by atoms with E-state index in [1.807, 2.05) is 36.1 Å². The molecule has 4 rings (SSSR count). The van der Waals surface area contributed by atoms with Crippen molar-refractivity contribution >= 4 is 26.7 Å². The molecule has 0 aliphatic carbocycles. The van der Waals surface area contributed by atoms with Gasteiger partial charge < -0.3 is 9.51 Å². The largest absolute Gasteiger partial charge is 0.360 e. The lowest BCUT2D eigenvalue weighted by Crippen LogP contribution is -2.49. The molecule has 1 fully saturated rings. The van der Waals surface area contributed by atoms with Crippen LogP contribution in [0.15, 0.2) is 33.7 Å². The van der Waals surface area contributed by atoms with Crippen LogP contribution in [0, 0.1) is 20.8 Å². The number of carbonyl (C=O) groups is 1. The van der Waals surface area contributed by atoms with E-state index in [-0.39, 0.29) is 17.2 Å². The number of aromatic amines is 1. The molecule has 154 valence electrons. The summed E-state index contributed by atoms with van der Waals surface area (Å²) in [6, 6.07) is 7.76. The predicted octanol–water partition coefficient (Wildman–Crippen LogP) is 2.27. The fourth-order valence-corrected chi connectivity index (χ4v) is 5.73. The van der Waals surface area contributed by atoms with Crippen molar-refractivity contribution in [3.05, 3.63) is 47.0 Å². The number of piperazine rings is 1. The molecule has 0 unspecified atom stereocenters. The first-order valence-corrected chi connectivity index (χ1v) is 11.0. The van der Waals surface area contributed by atoms with Crippen LogP contribution in [0.25, 0.3) is 10.9 Å². The van der Waals surface area contributed by atoms with Gasteiger partial charge in [-0.3, -0.25) is 9.69 Å². The molecule has 0 saturated carbocycles. The molecule has 3 heterocycles. The van der Waals surface area contributed by atoms with E-state index in [1.54, 1.807) is 13.8 Å². The molecular weight excluding hydrogens is 392 g/mol. The Hall–Kier alpha value is -2.49. The van der Waals surface area contributed by atoms with E-state index >= 15 is 0 Å². The number of H-pyrrole nitrogens is 1. The Morgan fingerprint density at radius 1 is 1.14 bits per heavy atom. The van der Waals surface area contributed by atoms with Gasteiger partial charge in [-0.05, 0) is 26.8 Å². The number of aromatic nitrogens is 2. The summed E-state index contributed by atoms with van der Waals surface area (Å²) in [4.78, 5) is 18.4. The first kappa shape index (κ1) is 19.8. The van der Waals surface area contributed by atoms with Crippen molar-refractivity contribution < 1.29 is 17.7 Å². The molecule has 0 radical (unpaired) electrons. The molecule has 1 aromatic carbocycles. The highest BCUT2D eigenvalue weighted by Crippen LogP contribution is 2.25. The van der Waals surface area contributed by atoms with Crippen LogP contribution in [0.4, 0.5) is 0 Å². The van der Waals surface area contributed by atoms with Crippen LogP contribution in [-0.4, -0.2) is 66.3 Å². The Morgan fingerprint density at radius 3 is 2.48 bits per heavy atom. The minimum atomic E-state index is -3.65. The zero-order chi connectivity index (χ0) is 20.8. The average Bonchev–Trinajstić information content (AvgIpc) is 3.20. The number of fused-ring (bicyclic) bond motifs is 1. The highest BCUT2D eigenvalue weighted by atomic mass is 32.2. The molecule has 8 nitrogen and oxygen atoms in total. The molecule has 3 aromatic rings. The second-order valence-electron chi connectivity index (χ2n) is 7.43. The van der Waals surface area contributed by atoms with Crippen molar-refractivity contribution in [2.24, 2.45) is 0 Å². The number of para-hydroxylation sites is 1. The lowest BCUT2D eigenvalue weighted by atomic mass is 10.1. The summed E-state index contributed by atoms with van der Waals surface area (Å²) >= 11 is 0. The van der Waals surface area contributed by atoms with E-state index in [0.717, 1.165) is 16.6 Å². The van der Waals surface area contributed by atoms with Gasteiger partial charge in [0.15, 0.2) is 11.5 Å². The van der Waals surface area contributed by atoms with Crippen molar-refractivity contribution in [1.29, 1.82) is 0 Å². The molecule has 1 saturated heterocycles. The number of benzene rings is 1. The van der Waals surface area contributed by atoms with Crippen molar-refractivity contribution in [2.45, 2.75) is 25.7 Å². The van der Waals surface area contributed by atoms with Crippen molar-refractivity contribution in [3.8, 4) is 0 Å². The van der Waals surface area contributed by atoms with Crippen LogP contribution in [0.3, 0.4) is 0 Å². The lowest BCUT2D eigenvalue weighted by molar-refractivity contribution is 0.0903. The average molecular weight is 417 g/mol. The molecular formula is C20H24N4O4S. The summed E-state index contributed by atoms with van der Waals surface area (Å²) in [5, 5.41) is 4.68. The molecule has 9 heteroatoms. The number of hydrogen-bond acceptors (Lipinski definition) is 6. The maximum atomic E-state index is 12.9. The van der Waals surface area contributed by atoms with Gasteiger partial charge >= 0.3 is 0 Å². The predicted molar refractivity (Wildman–Crippen MR) is 109 cm³/mol. The second kappa shape index (κ2) is 7.40. The molecule has 2 aromatic heterocycles. The molecule has 0 bridgehead atoms. The fraction of sp³-hybridized carbons (Fsp3) is 0.400. The monoisotopic (exact) mass is 416 g/mol. The lowest BCUT2D eigenvalue weighted by Gasteiger charge is -2.33. The van der Waals surface area contributed by atoms with E-state index in [9.17, 15) is 13.2 Å². The SMILES string of the molecule is Cc1noc(C)c1S(=O)(=O)N1CCN(CC(=O)c2c(C)[nH]c3ccccc23)CC1. The minimum Gasteiger partial charge on any atom is -0.360 e. The maximum Gasteiger partial charge on any atom is 0.248 e. The van der Waals surface area contributed by atoms with Crippen LogP contribution >= 0.6 is 0 Å². The third-order valence-corrected chi connectivity index (χ3v) is 7.58. The molecule has 0 amide bonds. The Kier molecular flexibility index (Phi) is 5.05. The zero-order valence-electron chi connectivity index (χ0n) is 16.7. The third-order valence-electron chi connectivity index (χ3n) is 5.44. The van der Waals surface area contributed by atoms with Gasteiger partial charge in [-0.15, -0.1) is 0 Å². The number of nitrogens with zero attached hydrogens (tertiary/aromatic N) is 3. The van der Waals surface area contributed by atoms with E-state index in [1.165, 1.54) is 4.31 Å². The quantitative estimate of drug-likeness (QED) is 0.641. The van der Waals surface area contributed by atoms with Crippen LogP contribution in [0.5, 0.6) is 0 Å². The van der Waals surface area contributed by atoms with Gasteiger partial charge in [-0.2, -0.15) is 4.31 Å². The highest BCUT2D eigenvalue weighted by molar-refractivity contribution is 7.89. The summed E-state index contributed by atoms with van der Waals surface area (Å²) in [5.41, 5.74) is 2.89. The van der Waals surface area contributed by atoms with Gasteiger partial charge in [0.25, 0.3) is 0 Å². The number of aryl methyl sites for hydroxylation is 3. The molecule has 1 N–H and O–H groups in total. The van der Waals surface area contributed by atoms with E-state index in [0.29, 0.717) is 43.2 Å². The Morgan fingerprint density at radius 2 is 1.83 bits per heavy atom. The van der Waals surface area contributed by atoms with Gasteiger partial charge in [0.2, 0.25) is 10.0 Å². The first-order chi connectivity index (χ1) is 13.8. The smallest absolute Gasteiger partial charge is 0.248 e. The van der Waals surface area contributed by atoms with Crippen LogP contribution in [-0.2, 0) is 10.0 Å². The second-order valence-corrected chi connectivity index (χ2v) is 9.30. The van der Waals surface area contributed by atoms with Gasteiger partial charge in [0.1, 0.15) is 10.6 Å². The molecule has 29 heavy (non-hydrogen) atoms. The maximum absolute atomic E-state index is 12.9. The molecule has 1 aliphatic rings. The third kappa shape index (κ3) is 3.50. The van der Waals surface area contributed by atoms with Crippen molar-refractivity contribution in [2.75, 3.05) is 32.7 Å².